The molecular formula is C29H26Cl3N3O3S. The summed E-state index contributed by atoms with van der Waals surface area (Å²) in [6.07, 6.45) is 4.00. The normalized spacial score (nSPS) is 14.4. The lowest BCUT2D eigenvalue weighted by Crippen LogP contribution is -2.44. The van der Waals surface area contributed by atoms with Gasteiger partial charge in [0, 0.05) is 32.5 Å². The quantitative estimate of drug-likeness (QED) is 0.210. The maximum atomic E-state index is 13.7. The lowest BCUT2D eigenvalue weighted by Gasteiger charge is -2.19. The van der Waals surface area contributed by atoms with Gasteiger partial charge in [0.05, 0.1) is 16.4 Å². The average Bonchev–Trinajstić information content (AvgIpc) is 3.67. The Hall–Kier alpha value is -2.84. The van der Waals surface area contributed by atoms with Gasteiger partial charge >= 0.3 is 5.97 Å². The maximum Gasteiger partial charge on any atom is 0.329 e. The number of hydrogen-bond donors (Lipinski definition) is 1. The highest BCUT2D eigenvalue weighted by atomic mass is 35.5. The second-order valence-electron chi connectivity index (χ2n) is 9.49. The number of thiophene rings is 1. The molecule has 2 aromatic carbocycles. The molecule has 5 rings (SSSR count). The number of carbonyl (C=O) groups is 2. The minimum atomic E-state index is -0.848. The van der Waals surface area contributed by atoms with Gasteiger partial charge in [0.25, 0.3) is 5.91 Å². The van der Waals surface area contributed by atoms with Crippen molar-refractivity contribution < 1.29 is 14.3 Å². The Bertz CT molecular complexity index is 1480. The molecule has 1 atom stereocenters. The van der Waals surface area contributed by atoms with Gasteiger partial charge in [-0.1, -0.05) is 53.0 Å². The summed E-state index contributed by atoms with van der Waals surface area (Å²) in [5.74, 6) is -0.907. The lowest BCUT2D eigenvalue weighted by atomic mass is 10.1. The molecule has 1 aliphatic rings. The van der Waals surface area contributed by atoms with Gasteiger partial charge in [0.2, 0.25) is 0 Å². The molecule has 202 valence electrons. The molecule has 0 unspecified atom stereocenters. The minimum absolute atomic E-state index is 0.107. The predicted molar refractivity (Wildman–Crippen MR) is 156 cm³/mol. The molecule has 1 amide bonds. The van der Waals surface area contributed by atoms with Gasteiger partial charge in [0.15, 0.2) is 5.69 Å². The zero-order valence-electron chi connectivity index (χ0n) is 21.1. The van der Waals surface area contributed by atoms with Crippen LogP contribution in [0.5, 0.6) is 0 Å². The number of hydrogen-bond acceptors (Lipinski definition) is 5. The van der Waals surface area contributed by atoms with Crippen LogP contribution in [0.4, 0.5) is 0 Å². The molecule has 0 saturated heterocycles. The fourth-order valence-electron chi connectivity index (χ4n) is 4.79. The Labute approximate surface area is 245 Å². The van der Waals surface area contributed by atoms with Gasteiger partial charge in [-0.05, 0) is 74.4 Å². The molecule has 0 bridgehead atoms. The summed E-state index contributed by atoms with van der Waals surface area (Å²) in [5, 5.41) is 11.0. The van der Waals surface area contributed by atoms with E-state index < -0.39 is 17.9 Å². The van der Waals surface area contributed by atoms with Gasteiger partial charge in [-0.25, -0.2) is 9.48 Å². The first-order valence-electron chi connectivity index (χ1n) is 12.6. The summed E-state index contributed by atoms with van der Waals surface area (Å²) < 4.78 is 7.40. The van der Waals surface area contributed by atoms with Crippen molar-refractivity contribution in [3.63, 3.8) is 0 Å². The van der Waals surface area contributed by atoms with Crippen molar-refractivity contribution in [1.29, 1.82) is 0 Å². The molecule has 4 aromatic rings. The van der Waals surface area contributed by atoms with Crippen LogP contribution in [0, 0.1) is 6.92 Å². The van der Waals surface area contributed by atoms with E-state index in [4.69, 9.17) is 39.5 Å². The van der Waals surface area contributed by atoms with E-state index in [1.807, 2.05) is 36.6 Å². The number of carbonyl (C=O) groups excluding carboxylic acids is 2. The van der Waals surface area contributed by atoms with Crippen LogP contribution in [0.1, 0.15) is 46.6 Å². The number of ether oxygens (including phenoxy) is 1. The lowest BCUT2D eigenvalue weighted by molar-refractivity contribution is -0.151. The van der Waals surface area contributed by atoms with Crippen molar-refractivity contribution in [2.45, 2.75) is 51.2 Å². The van der Waals surface area contributed by atoms with E-state index in [0.717, 1.165) is 36.1 Å². The molecule has 0 spiro atoms. The van der Waals surface area contributed by atoms with E-state index in [9.17, 15) is 9.59 Å². The second-order valence-corrected chi connectivity index (χ2v) is 11.8. The van der Waals surface area contributed by atoms with Crippen molar-refractivity contribution in [2.75, 3.05) is 0 Å². The molecule has 10 heteroatoms. The van der Waals surface area contributed by atoms with Crippen molar-refractivity contribution in [2.24, 2.45) is 0 Å². The van der Waals surface area contributed by atoms with Gasteiger partial charge in [-0.2, -0.15) is 5.10 Å². The van der Waals surface area contributed by atoms with E-state index >= 15 is 0 Å². The predicted octanol–water partition coefficient (Wildman–Crippen LogP) is 7.70. The number of rotatable bonds is 8. The first-order valence-corrected chi connectivity index (χ1v) is 14.7. The SMILES string of the molecule is Cc1c(C(=O)N[C@@H](Cc2cccs2)C(=O)OC2CCCC2)nn(-c2ccc(Cl)cc2Cl)c1-c1ccc(Cl)cc1. The standard InChI is InChI=1S/C29H26Cl3N3O3S/c1-17-26(28(36)33-24(16-22-7-4-14-39-22)29(37)38-21-5-2-3-6-21)34-35(25-13-12-20(31)15-23(25)32)27(17)18-8-10-19(30)11-9-18/h4,7-15,21,24H,2-3,5-6,16H2,1H3,(H,33,36)/t24-/m0/s1. The number of aromatic nitrogens is 2. The largest absolute Gasteiger partial charge is 0.461 e. The fraction of sp³-hybridized carbons (Fsp3) is 0.276. The third-order valence-electron chi connectivity index (χ3n) is 6.75. The molecule has 2 aromatic heterocycles. The Morgan fingerprint density at radius 2 is 1.79 bits per heavy atom. The van der Waals surface area contributed by atoms with Crippen LogP contribution in [0.25, 0.3) is 16.9 Å². The number of esters is 1. The number of benzene rings is 2. The average molecular weight is 603 g/mol. The fourth-order valence-corrected chi connectivity index (χ4v) is 6.15. The molecule has 1 N–H and O–H groups in total. The summed E-state index contributed by atoms with van der Waals surface area (Å²) in [5.41, 5.74) is 2.83. The zero-order chi connectivity index (χ0) is 27.5. The molecule has 0 radical (unpaired) electrons. The Morgan fingerprint density at radius 3 is 2.46 bits per heavy atom. The molecule has 1 aliphatic carbocycles. The van der Waals surface area contributed by atoms with Crippen LogP contribution < -0.4 is 5.32 Å². The van der Waals surface area contributed by atoms with Crippen molar-refractivity contribution >= 4 is 58.0 Å². The van der Waals surface area contributed by atoms with E-state index in [2.05, 4.69) is 10.4 Å². The summed E-state index contributed by atoms with van der Waals surface area (Å²) in [7, 11) is 0. The zero-order valence-corrected chi connectivity index (χ0v) is 24.2. The molecule has 2 heterocycles. The minimum Gasteiger partial charge on any atom is -0.461 e. The highest BCUT2D eigenvalue weighted by Gasteiger charge is 2.30. The number of nitrogens with zero attached hydrogens (tertiary/aromatic N) is 2. The molecule has 0 aliphatic heterocycles. The Balaban J connectivity index is 1.51. The maximum absolute atomic E-state index is 13.7. The van der Waals surface area contributed by atoms with E-state index in [1.165, 1.54) is 11.3 Å². The van der Waals surface area contributed by atoms with Crippen LogP contribution in [0.3, 0.4) is 0 Å². The van der Waals surface area contributed by atoms with Crippen molar-refractivity contribution in [1.82, 2.24) is 15.1 Å². The van der Waals surface area contributed by atoms with Gasteiger partial charge in [-0.3, -0.25) is 4.79 Å². The second kappa shape index (κ2) is 12.1. The van der Waals surface area contributed by atoms with Gasteiger partial charge in [-0.15, -0.1) is 11.3 Å². The van der Waals surface area contributed by atoms with Crippen LogP contribution in [0.2, 0.25) is 15.1 Å². The number of nitrogens with one attached hydrogen (secondary N) is 1. The van der Waals surface area contributed by atoms with Crippen molar-refractivity contribution in [3.8, 4) is 16.9 Å². The third kappa shape index (κ3) is 6.33. The summed E-state index contributed by atoms with van der Waals surface area (Å²) in [4.78, 5) is 27.9. The Morgan fingerprint density at radius 1 is 1.08 bits per heavy atom. The van der Waals surface area contributed by atoms with Crippen LogP contribution in [-0.4, -0.2) is 33.8 Å². The molecule has 1 saturated carbocycles. The first kappa shape index (κ1) is 27.7. The van der Waals surface area contributed by atoms with Gasteiger partial charge < -0.3 is 10.1 Å². The Kier molecular flexibility index (Phi) is 8.62. The summed E-state index contributed by atoms with van der Waals surface area (Å²) in [6.45, 7) is 1.82. The van der Waals surface area contributed by atoms with E-state index in [1.54, 1.807) is 35.0 Å². The highest BCUT2D eigenvalue weighted by molar-refractivity contribution is 7.09. The van der Waals surface area contributed by atoms with Crippen LogP contribution >= 0.6 is 46.1 Å². The molecule has 1 fully saturated rings. The highest BCUT2D eigenvalue weighted by Crippen LogP contribution is 2.33. The van der Waals surface area contributed by atoms with Gasteiger partial charge in [0.1, 0.15) is 12.1 Å². The van der Waals surface area contributed by atoms with Crippen LogP contribution in [-0.2, 0) is 16.0 Å². The van der Waals surface area contributed by atoms with Crippen molar-refractivity contribution in [3.05, 3.63) is 91.2 Å². The van der Waals surface area contributed by atoms with E-state index in [0.29, 0.717) is 38.4 Å². The molecule has 6 nitrogen and oxygen atoms in total. The molecular weight excluding hydrogens is 577 g/mol. The summed E-state index contributed by atoms with van der Waals surface area (Å²) >= 11 is 20.3. The molecule has 39 heavy (non-hydrogen) atoms. The summed E-state index contributed by atoms with van der Waals surface area (Å²) in [6, 6.07) is 15.3. The smallest absolute Gasteiger partial charge is 0.329 e. The number of halogens is 3. The first-order chi connectivity index (χ1) is 18.8. The van der Waals surface area contributed by atoms with E-state index in [-0.39, 0.29) is 11.8 Å². The number of amides is 1. The van der Waals surface area contributed by atoms with Crippen LogP contribution in [0.15, 0.2) is 60.0 Å². The topological polar surface area (TPSA) is 73.2 Å². The third-order valence-corrected chi connectivity index (χ3v) is 8.44. The monoisotopic (exact) mass is 601 g/mol.